The molecular formula is C19H18N4O. The number of fused-ring (bicyclic) bond motifs is 1. The lowest BCUT2D eigenvalue weighted by atomic mass is 9.90. The van der Waals surface area contributed by atoms with E-state index in [1.54, 1.807) is 0 Å². The maximum atomic E-state index is 9.56. The minimum atomic E-state index is 0.0208. The first-order valence-electron chi connectivity index (χ1n) is 8.07. The van der Waals surface area contributed by atoms with Gasteiger partial charge in [0.05, 0.1) is 35.4 Å². The highest BCUT2D eigenvalue weighted by Crippen LogP contribution is 2.34. The Hall–Kier alpha value is -2.68. The second-order valence-corrected chi connectivity index (χ2v) is 6.01. The van der Waals surface area contributed by atoms with Crippen LogP contribution in [0.25, 0.3) is 22.2 Å². The quantitative estimate of drug-likeness (QED) is 0.761. The fourth-order valence-corrected chi connectivity index (χ4v) is 3.38. The molecule has 1 aliphatic rings. The van der Waals surface area contributed by atoms with Crippen LogP contribution in [0.2, 0.25) is 0 Å². The first-order valence-corrected chi connectivity index (χ1v) is 8.07. The molecule has 0 aliphatic carbocycles. The Bertz CT molecular complexity index is 932. The van der Waals surface area contributed by atoms with Crippen LogP contribution in [0.4, 0.5) is 0 Å². The fourth-order valence-electron chi connectivity index (χ4n) is 3.38. The van der Waals surface area contributed by atoms with E-state index in [1.165, 1.54) is 0 Å². The smallest absolute Gasteiger partial charge is 0.0998 e. The van der Waals surface area contributed by atoms with Gasteiger partial charge < -0.3 is 15.0 Å². The molecule has 0 spiro atoms. The number of H-pyrrole nitrogens is 1. The molecule has 3 heterocycles. The second-order valence-electron chi connectivity index (χ2n) is 6.01. The van der Waals surface area contributed by atoms with E-state index in [-0.39, 0.29) is 6.10 Å². The van der Waals surface area contributed by atoms with E-state index in [0.29, 0.717) is 12.2 Å². The third kappa shape index (κ3) is 2.46. The molecule has 2 aromatic heterocycles. The number of rotatable bonds is 2. The summed E-state index contributed by atoms with van der Waals surface area (Å²) in [5.74, 6) is 0. The number of hydrogen-bond donors (Lipinski definition) is 2. The average molecular weight is 318 g/mol. The van der Waals surface area contributed by atoms with Gasteiger partial charge in [0.25, 0.3) is 0 Å². The minimum absolute atomic E-state index is 0.0208. The van der Waals surface area contributed by atoms with Gasteiger partial charge in [0.1, 0.15) is 0 Å². The van der Waals surface area contributed by atoms with Crippen molar-refractivity contribution in [2.24, 2.45) is 0 Å². The number of nitrogens with zero attached hydrogens (tertiary/aromatic N) is 2. The van der Waals surface area contributed by atoms with Crippen molar-refractivity contribution in [2.45, 2.75) is 13.0 Å². The number of nitriles is 1. The molecule has 1 atom stereocenters. The van der Waals surface area contributed by atoms with Crippen LogP contribution in [-0.4, -0.2) is 29.7 Å². The van der Waals surface area contributed by atoms with Crippen molar-refractivity contribution in [3.63, 3.8) is 0 Å². The lowest BCUT2D eigenvalue weighted by Crippen LogP contribution is -2.33. The van der Waals surface area contributed by atoms with Crippen molar-refractivity contribution >= 4 is 11.0 Å². The topological polar surface area (TPSA) is 73.7 Å². The summed E-state index contributed by atoms with van der Waals surface area (Å²) in [5, 5.41) is 12.9. The number of aromatic nitrogens is 2. The normalized spacial score (nSPS) is 17.8. The Labute approximate surface area is 140 Å². The first kappa shape index (κ1) is 14.9. The molecule has 0 amide bonds. The van der Waals surface area contributed by atoms with Crippen LogP contribution < -0.4 is 5.32 Å². The van der Waals surface area contributed by atoms with E-state index in [9.17, 15) is 5.26 Å². The van der Waals surface area contributed by atoms with Gasteiger partial charge in [-0.05, 0) is 36.2 Å². The molecule has 5 heteroatoms. The third-order valence-electron chi connectivity index (χ3n) is 4.59. The number of morpholine rings is 1. The van der Waals surface area contributed by atoms with Crippen LogP contribution in [0.3, 0.4) is 0 Å². The van der Waals surface area contributed by atoms with Gasteiger partial charge in [0.2, 0.25) is 0 Å². The van der Waals surface area contributed by atoms with Crippen LogP contribution in [0, 0.1) is 18.3 Å². The van der Waals surface area contributed by atoms with Gasteiger partial charge in [-0.25, -0.2) is 0 Å². The van der Waals surface area contributed by atoms with Gasteiger partial charge in [0.15, 0.2) is 0 Å². The lowest BCUT2D eigenvalue weighted by Gasteiger charge is -2.26. The highest BCUT2D eigenvalue weighted by molar-refractivity contribution is 5.83. The van der Waals surface area contributed by atoms with Crippen molar-refractivity contribution in [3.05, 3.63) is 53.3 Å². The summed E-state index contributed by atoms with van der Waals surface area (Å²) >= 11 is 0. The number of aromatic amines is 1. The van der Waals surface area contributed by atoms with Crippen LogP contribution in [0.15, 0.2) is 36.7 Å². The summed E-state index contributed by atoms with van der Waals surface area (Å²) in [7, 11) is 0. The van der Waals surface area contributed by atoms with E-state index in [1.807, 2.05) is 30.6 Å². The Morgan fingerprint density at radius 1 is 1.33 bits per heavy atom. The maximum Gasteiger partial charge on any atom is 0.0998 e. The molecule has 1 fully saturated rings. The monoisotopic (exact) mass is 318 g/mol. The van der Waals surface area contributed by atoms with Gasteiger partial charge in [-0.3, -0.25) is 4.98 Å². The molecule has 0 saturated carbocycles. The molecular weight excluding hydrogens is 300 g/mol. The molecule has 1 aliphatic heterocycles. The Kier molecular flexibility index (Phi) is 3.77. The van der Waals surface area contributed by atoms with E-state index in [4.69, 9.17) is 4.74 Å². The van der Waals surface area contributed by atoms with Crippen molar-refractivity contribution < 1.29 is 4.74 Å². The molecule has 1 aromatic carbocycles. The average Bonchev–Trinajstić information content (AvgIpc) is 3.09. The highest BCUT2D eigenvalue weighted by atomic mass is 16.5. The number of benzene rings is 1. The number of ether oxygens (including phenoxy) is 1. The summed E-state index contributed by atoms with van der Waals surface area (Å²) in [4.78, 5) is 7.68. The molecule has 0 radical (unpaired) electrons. The van der Waals surface area contributed by atoms with Gasteiger partial charge in [-0.1, -0.05) is 6.07 Å². The summed E-state index contributed by atoms with van der Waals surface area (Å²) in [6, 6.07) is 10.2. The third-order valence-corrected chi connectivity index (χ3v) is 4.59. The molecule has 4 rings (SSSR count). The zero-order valence-electron chi connectivity index (χ0n) is 13.5. The number of nitrogens with one attached hydrogen (secondary N) is 2. The van der Waals surface area contributed by atoms with E-state index in [0.717, 1.165) is 46.4 Å². The summed E-state index contributed by atoms with van der Waals surface area (Å²) in [6.45, 7) is 4.43. The first-order chi connectivity index (χ1) is 11.8. The van der Waals surface area contributed by atoms with Crippen LogP contribution in [0.1, 0.15) is 22.8 Å². The predicted molar refractivity (Wildman–Crippen MR) is 92.5 cm³/mol. The second kappa shape index (κ2) is 6.08. The van der Waals surface area contributed by atoms with E-state index < -0.39 is 0 Å². The molecule has 0 bridgehead atoms. The van der Waals surface area contributed by atoms with Crippen molar-refractivity contribution in [1.82, 2.24) is 15.3 Å². The molecule has 0 unspecified atom stereocenters. The summed E-state index contributed by atoms with van der Waals surface area (Å²) in [6.07, 6.45) is 3.73. The molecule has 3 aromatic rings. The van der Waals surface area contributed by atoms with E-state index >= 15 is 0 Å². The minimum Gasteiger partial charge on any atom is -0.371 e. The van der Waals surface area contributed by atoms with Gasteiger partial charge in [0, 0.05) is 36.6 Å². The zero-order chi connectivity index (χ0) is 16.5. The van der Waals surface area contributed by atoms with Crippen LogP contribution in [-0.2, 0) is 4.74 Å². The van der Waals surface area contributed by atoms with Crippen molar-refractivity contribution in [1.29, 1.82) is 5.26 Å². The molecule has 5 nitrogen and oxygen atoms in total. The summed E-state index contributed by atoms with van der Waals surface area (Å²) in [5.41, 5.74) is 6.64. The number of hydrogen-bond acceptors (Lipinski definition) is 4. The fraction of sp³-hybridized carbons (Fsp3) is 0.263. The largest absolute Gasteiger partial charge is 0.371 e. The Morgan fingerprint density at radius 3 is 3.04 bits per heavy atom. The Morgan fingerprint density at radius 2 is 2.25 bits per heavy atom. The Balaban J connectivity index is 1.87. The zero-order valence-corrected chi connectivity index (χ0v) is 13.5. The van der Waals surface area contributed by atoms with Crippen LogP contribution >= 0.6 is 0 Å². The van der Waals surface area contributed by atoms with E-state index in [2.05, 4.69) is 34.3 Å². The lowest BCUT2D eigenvalue weighted by molar-refractivity contribution is 0.0273. The SMILES string of the molecule is Cc1c([C@@H]2CNCCO2)ccc(C#N)c1-c1cnc2cc[nH]c2c1. The van der Waals surface area contributed by atoms with Crippen molar-refractivity contribution in [3.8, 4) is 17.2 Å². The molecule has 24 heavy (non-hydrogen) atoms. The van der Waals surface area contributed by atoms with Crippen molar-refractivity contribution in [2.75, 3.05) is 19.7 Å². The highest BCUT2D eigenvalue weighted by Gasteiger charge is 2.21. The number of pyridine rings is 1. The van der Waals surface area contributed by atoms with Gasteiger partial charge >= 0.3 is 0 Å². The predicted octanol–water partition coefficient (Wildman–Crippen LogP) is 3.07. The van der Waals surface area contributed by atoms with Crippen LogP contribution in [0.5, 0.6) is 0 Å². The maximum absolute atomic E-state index is 9.56. The standard InChI is InChI=1S/C19H18N4O/c1-12-15(18-11-21-6-7-24-18)3-2-13(9-20)19(12)14-8-17-16(23-10-14)4-5-22-17/h2-5,8,10,18,21-22H,6-7,11H2,1H3/t18-/m0/s1. The summed E-state index contributed by atoms with van der Waals surface area (Å²) < 4.78 is 5.90. The molecule has 1 saturated heterocycles. The molecule has 120 valence electrons. The molecule has 2 N–H and O–H groups in total. The van der Waals surface area contributed by atoms with Gasteiger partial charge in [-0.2, -0.15) is 5.26 Å². The van der Waals surface area contributed by atoms with Gasteiger partial charge in [-0.15, -0.1) is 0 Å².